The number of H-pyrrole nitrogens is 1. The van der Waals surface area contributed by atoms with E-state index in [2.05, 4.69) is 20.1 Å². The van der Waals surface area contributed by atoms with Gasteiger partial charge in [-0.05, 0) is 19.5 Å². The van der Waals surface area contributed by atoms with Crippen LogP contribution in [0.15, 0.2) is 29.6 Å². The Morgan fingerprint density at radius 2 is 2.20 bits per heavy atom. The highest BCUT2D eigenvalue weighted by molar-refractivity contribution is 7.92. The lowest BCUT2D eigenvalue weighted by molar-refractivity contribution is 0.601. The molecule has 0 aromatic carbocycles. The first-order valence-electron chi connectivity index (χ1n) is 6.48. The molecule has 0 atom stereocenters. The molecule has 0 unspecified atom stereocenters. The summed E-state index contributed by atoms with van der Waals surface area (Å²) < 4.78 is 28.6. The van der Waals surface area contributed by atoms with Gasteiger partial charge < -0.3 is 10.3 Å². The van der Waals surface area contributed by atoms with Crippen LogP contribution < -0.4 is 10.0 Å². The van der Waals surface area contributed by atoms with Crippen LogP contribution in [0.2, 0.25) is 0 Å². The van der Waals surface area contributed by atoms with Crippen LogP contribution in [0.25, 0.3) is 0 Å². The number of sulfonamides is 1. The van der Waals surface area contributed by atoms with E-state index in [1.54, 1.807) is 16.9 Å². The summed E-state index contributed by atoms with van der Waals surface area (Å²) in [5.74, 6) is 0. The molecule has 2 aromatic rings. The minimum atomic E-state index is -3.57. The molecule has 0 saturated carbocycles. The smallest absolute Gasteiger partial charge is 0.263 e. The molecular formula is C12H19N5O2S. The van der Waals surface area contributed by atoms with E-state index in [1.807, 2.05) is 13.8 Å². The van der Waals surface area contributed by atoms with Crippen molar-refractivity contribution in [3.63, 3.8) is 0 Å². The zero-order valence-corrected chi connectivity index (χ0v) is 12.4. The van der Waals surface area contributed by atoms with E-state index < -0.39 is 10.0 Å². The number of aryl methyl sites for hydroxylation is 1. The molecule has 0 aliphatic heterocycles. The zero-order valence-electron chi connectivity index (χ0n) is 11.5. The summed E-state index contributed by atoms with van der Waals surface area (Å²) in [6.07, 6.45) is 4.64. The standard InChI is InChI=1S/C12H19N5O2S/c1-3-13-6-10-5-12(8-14-10)20(18,19)16-11-7-15-17(4-2)9-11/h5,7-9,13-14,16H,3-4,6H2,1-2H3. The van der Waals surface area contributed by atoms with Crippen LogP contribution in [0.1, 0.15) is 19.5 Å². The average Bonchev–Trinajstić information content (AvgIpc) is 3.04. The highest BCUT2D eigenvalue weighted by Crippen LogP contribution is 2.16. The monoisotopic (exact) mass is 297 g/mol. The van der Waals surface area contributed by atoms with Crippen molar-refractivity contribution >= 4 is 15.7 Å². The quantitative estimate of drug-likeness (QED) is 0.714. The average molecular weight is 297 g/mol. The number of rotatable bonds is 7. The lowest BCUT2D eigenvalue weighted by Gasteiger charge is -2.02. The molecule has 0 fully saturated rings. The summed E-state index contributed by atoms with van der Waals surface area (Å²) in [5.41, 5.74) is 1.29. The van der Waals surface area contributed by atoms with Crippen LogP contribution in [0.3, 0.4) is 0 Å². The normalized spacial score (nSPS) is 11.7. The number of nitrogens with zero attached hydrogens (tertiary/aromatic N) is 2. The predicted molar refractivity (Wildman–Crippen MR) is 76.9 cm³/mol. The topological polar surface area (TPSA) is 91.8 Å². The molecule has 20 heavy (non-hydrogen) atoms. The third-order valence-electron chi connectivity index (χ3n) is 2.80. The number of hydrogen-bond acceptors (Lipinski definition) is 4. The lowest BCUT2D eigenvalue weighted by atomic mass is 10.4. The highest BCUT2D eigenvalue weighted by Gasteiger charge is 2.16. The summed E-state index contributed by atoms with van der Waals surface area (Å²) in [6, 6.07) is 1.62. The minimum absolute atomic E-state index is 0.217. The molecule has 0 saturated heterocycles. The van der Waals surface area contributed by atoms with Crippen molar-refractivity contribution < 1.29 is 8.42 Å². The van der Waals surface area contributed by atoms with Gasteiger partial charge in [-0.15, -0.1) is 0 Å². The van der Waals surface area contributed by atoms with E-state index >= 15 is 0 Å². The van der Waals surface area contributed by atoms with Gasteiger partial charge in [-0.3, -0.25) is 9.40 Å². The van der Waals surface area contributed by atoms with E-state index in [0.717, 1.165) is 12.2 Å². The molecule has 110 valence electrons. The zero-order chi connectivity index (χ0) is 14.6. The lowest BCUT2D eigenvalue weighted by Crippen LogP contribution is -2.12. The van der Waals surface area contributed by atoms with Crippen LogP contribution >= 0.6 is 0 Å². The maximum atomic E-state index is 12.2. The Balaban J connectivity index is 2.11. The molecule has 0 radical (unpaired) electrons. The Hall–Kier alpha value is -1.80. The molecule has 2 rings (SSSR count). The molecule has 0 bridgehead atoms. The van der Waals surface area contributed by atoms with Gasteiger partial charge in [0.15, 0.2) is 0 Å². The SMILES string of the molecule is CCNCc1cc(S(=O)(=O)Nc2cnn(CC)c2)c[nH]1. The van der Waals surface area contributed by atoms with E-state index in [-0.39, 0.29) is 4.90 Å². The maximum absolute atomic E-state index is 12.2. The fraction of sp³-hybridized carbons (Fsp3) is 0.417. The summed E-state index contributed by atoms with van der Waals surface area (Å²) in [4.78, 5) is 3.16. The Kier molecular flexibility index (Phi) is 4.46. The van der Waals surface area contributed by atoms with E-state index in [4.69, 9.17) is 0 Å². The Bertz CT molecular complexity index is 659. The van der Waals surface area contributed by atoms with E-state index in [0.29, 0.717) is 18.8 Å². The van der Waals surface area contributed by atoms with Gasteiger partial charge in [-0.1, -0.05) is 6.92 Å². The van der Waals surface area contributed by atoms with Crippen LogP contribution in [0.4, 0.5) is 5.69 Å². The molecule has 2 heterocycles. The molecule has 0 amide bonds. The molecule has 0 aliphatic carbocycles. The fourth-order valence-electron chi connectivity index (χ4n) is 1.74. The number of aromatic nitrogens is 3. The first-order chi connectivity index (χ1) is 9.55. The molecule has 0 aliphatic rings. The second-order valence-electron chi connectivity index (χ2n) is 4.33. The first-order valence-corrected chi connectivity index (χ1v) is 7.96. The summed E-state index contributed by atoms with van der Waals surface area (Å²) in [5, 5.41) is 7.16. The molecule has 7 nitrogen and oxygen atoms in total. The van der Waals surface area contributed by atoms with Crippen molar-refractivity contribution in [2.75, 3.05) is 11.3 Å². The van der Waals surface area contributed by atoms with Crippen molar-refractivity contribution in [1.82, 2.24) is 20.1 Å². The van der Waals surface area contributed by atoms with Gasteiger partial charge in [0.25, 0.3) is 10.0 Å². The molecule has 8 heteroatoms. The maximum Gasteiger partial charge on any atom is 0.263 e. The fourth-order valence-corrected chi connectivity index (χ4v) is 2.78. The van der Waals surface area contributed by atoms with Gasteiger partial charge in [0.2, 0.25) is 0 Å². The van der Waals surface area contributed by atoms with E-state index in [1.165, 1.54) is 12.4 Å². The van der Waals surface area contributed by atoms with Gasteiger partial charge in [-0.25, -0.2) is 8.42 Å². The predicted octanol–water partition coefficient (Wildman–Crippen LogP) is 1.14. The van der Waals surface area contributed by atoms with Gasteiger partial charge in [0, 0.05) is 31.2 Å². The van der Waals surface area contributed by atoms with Gasteiger partial charge >= 0.3 is 0 Å². The second-order valence-corrected chi connectivity index (χ2v) is 6.01. The van der Waals surface area contributed by atoms with Crippen molar-refractivity contribution in [1.29, 1.82) is 0 Å². The van der Waals surface area contributed by atoms with Crippen molar-refractivity contribution in [3.05, 3.63) is 30.4 Å². The van der Waals surface area contributed by atoms with Gasteiger partial charge in [0.05, 0.1) is 11.9 Å². The van der Waals surface area contributed by atoms with Crippen LogP contribution in [-0.4, -0.2) is 29.7 Å². The molecule has 3 N–H and O–H groups in total. The van der Waals surface area contributed by atoms with Crippen LogP contribution in [0, 0.1) is 0 Å². The van der Waals surface area contributed by atoms with Crippen LogP contribution in [-0.2, 0) is 23.1 Å². The highest BCUT2D eigenvalue weighted by atomic mass is 32.2. The van der Waals surface area contributed by atoms with Crippen molar-refractivity contribution in [2.24, 2.45) is 0 Å². The summed E-state index contributed by atoms with van der Waals surface area (Å²) in [6.45, 7) is 6.06. The van der Waals surface area contributed by atoms with Crippen molar-refractivity contribution in [3.8, 4) is 0 Å². The Labute approximate surface area is 118 Å². The van der Waals surface area contributed by atoms with Crippen molar-refractivity contribution in [2.45, 2.75) is 31.8 Å². The third kappa shape index (κ3) is 3.40. The van der Waals surface area contributed by atoms with E-state index in [9.17, 15) is 8.42 Å². The number of hydrogen-bond donors (Lipinski definition) is 3. The summed E-state index contributed by atoms with van der Waals surface area (Å²) >= 11 is 0. The molecule has 0 spiro atoms. The Morgan fingerprint density at radius 3 is 2.85 bits per heavy atom. The largest absolute Gasteiger partial charge is 0.363 e. The number of anilines is 1. The molecular weight excluding hydrogens is 278 g/mol. The number of aromatic amines is 1. The molecule has 2 aromatic heterocycles. The minimum Gasteiger partial charge on any atom is -0.363 e. The van der Waals surface area contributed by atoms with Gasteiger partial charge in [0.1, 0.15) is 4.90 Å². The van der Waals surface area contributed by atoms with Crippen LogP contribution in [0.5, 0.6) is 0 Å². The van der Waals surface area contributed by atoms with Gasteiger partial charge in [-0.2, -0.15) is 5.10 Å². The number of nitrogens with one attached hydrogen (secondary N) is 3. The first kappa shape index (κ1) is 14.6. The summed E-state index contributed by atoms with van der Waals surface area (Å²) in [7, 11) is -3.57. The Morgan fingerprint density at radius 1 is 1.40 bits per heavy atom. The third-order valence-corrected chi connectivity index (χ3v) is 4.16. The second kappa shape index (κ2) is 6.10.